The highest BCUT2D eigenvalue weighted by atomic mass is 16.4. The van der Waals surface area contributed by atoms with Gasteiger partial charge in [-0.05, 0) is 35.4 Å². The first kappa shape index (κ1) is 17.6. The van der Waals surface area contributed by atoms with Crippen LogP contribution in [0, 0.1) is 0 Å². The molecule has 0 saturated carbocycles. The van der Waals surface area contributed by atoms with E-state index in [0.29, 0.717) is 30.3 Å². The van der Waals surface area contributed by atoms with E-state index in [1.165, 1.54) is 0 Å². The van der Waals surface area contributed by atoms with E-state index in [1.807, 2.05) is 48.5 Å². The first-order valence-electron chi connectivity index (χ1n) is 8.96. The van der Waals surface area contributed by atoms with Crippen molar-refractivity contribution in [2.75, 3.05) is 6.54 Å². The van der Waals surface area contributed by atoms with Crippen molar-refractivity contribution in [1.29, 1.82) is 0 Å². The Bertz CT molecular complexity index is 1060. The summed E-state index contributed by atoms with van der Waals surface area (Å²) in [6.07, 6.45) is 3.80. The molecule has 138 valence electrons. The smallest absolute Gasteiger partial charge is 0.251 e. The number of nitrogens with zero attached hydrogens (tertiary/aromatic N) is 3. The van der Waals surface area contributed by atoms with Crippen molar-refractivity contribution >= 4 is 5.91 Å². The van der Waals surface area contributed by atoms with Gasteiger partial charge in [0.2, 0.25) is 11.8 Å². The Labute approximate surface area is 162 Å². The van der Waals surface area contributed by atoms with Gasteiger partial charge in [-0.25, -0.2) is 0 Å². The van der Waals surface area contributed by atoms with Gasteiger partial charge < -0.3 is 9.73 Å². The van der Waals surface area contributed by atoms with E-state index < -0.39 is 0 Å². The molecule has 0 radical (unpaired) electrons. The molecule has 2 aromatic heterocycles. The second kappa shape index (κ2) is 8.26. The number of rotatable bonds is 6. The number of hydrogen-bond acceptors (Lipinski definition) is 5. The number of carbonyl (C=O) groups is 1. The van der Waals surface area contributed by atoms with Crippen LogP contribution in [-0.2, 0) is 6.42 Å². The number of carbonyl (C=O) groups excluding carboxylic acids is 1. The molecule has 6 heteroatoms. The van der Waals surface area contributed by atoms with Gasteiger partial charge in [0.25, 0.3) is 5.91 Å². The molecule has 1 amide bonds. The quantitative estimate of drug-likeness (QED) is 0.559. The van der Waals surface area contributed by atoms with Crippen molar-refractivity contribution in [3.05, 3.63) is 90.6 Å². The third-order valence-corrected chi connectivity index (χ3v) is 4.25. The predicted octanol–water partition coefficient (Wildman–Crippen LogP) is 3.77. The molecule has 0 aliphatic rings. The molecule has 0 fully saturated rings. The third-order valence-electron chi connectivity index (χ3n) is 4.25. The number of pyridine rings is 1. The van der Waals surface area contributed by atoms with E-state index in [9.17, 15) is 4.79 Å². The average Bonchev–Trinajstić information content (AvgIpc) is 3.24. The van der Waals surface area contributed by atoms with Crippen LogP contribution in [0.1, 0.15) is 16.2 Å². The van der Waals surface area contributed by atoms with Crippen LogP contribution in [0.4, 0.5) is 0 Å². The Morgan fingerprint density at radius 1 is 0.857 bits per heavy atom. The molecule has 1 N–H and O–H groups in total. The zero-order chi connectivity index (χ0) is 19.2. The largest absolute Gasteiger partial charge is 0.421 e. The topological polar surface area (TPSA) is 80.9 Å². The molecule has 0 aliphatic carbocycles. The molecule has 28 heavy (non-hydrogen) atoms. The van der Waals surface area contributed by atoms with Crippen molar-refractivity contribution in [3.8, 4) is 22.6 Å². The Hall–Kier alpha value is -3.80. The molecule has 6 nitrogen and oxygen atoms in total. The lowest BCUT2D eigenvalue weighted by Crippen LogP contribution is -2.25. The molecular weight excluding hydrogens is 352 g/mol. The molecule has 0 bridgehead atoms. The van der Waals surface area contributed by atoms with Gasteiger partial charge in [0, 0.05) is 36.5 Å². The van der Waals surface area contributed by atoms with Crippen LogP contribution >= 0.6 is 0 Å². The Kier molecular flexibility index (Phi) is 5.20. The number of hydrogen-bond donors (Lipinski definition) is 1. The lowest BCUT2D eigenvalue weighted by atomic mass is 10.0. The fourth-order valence-corrected chi connectivity index (χ4v) is 2.82. The van der Waals surface area contributed by atoms with Gasteiger partial charge in [-0.15, -0.1) is 10.2 Å². The van der Waals surface area contributed by atoms with E-state index in [1.54, 1.807) is 30.6 Å². The Morgan fingerprint density at radius 2 is 1.64 bits per heavy atom. The number of nitrogens with one attached hydrogen (secondary N) is 1. The summed E-state index contributed by atoms with van der Waals surface area (Å²) < 4.78 is 5.63. The summed E-state index contributed by atoms with van der Waals surface area (Å²) in [4.78, 5) is 16.4. The van der Waals surface area contributed by atoms with E-state index in [-0.39, 0.29) is 5.91 Å². The van der Waals surface area contributed by atoms with E-state index in [0.717, 1.165) is 16.7 Å². The van der Waals surface area contributed by atoms with Crippen LogP contribution in [0.25, 0.3) is 22.6 Å². The summed E-state index contributed by atoms with van der Waals surface area (Å²) in [6, 6.07) is 21.1. The van der Waals surface area contributed by atoms with E-state index in [4.69, 9.17) is 4.42 Å². The highest BCUT2D eigenvalue weighted by Crippen LogP contribution is 2.20. The lowest BCUT2D eigenvalue weighted by Gasteiger charge is -2.06. The summed E-state index contributed by atoms with van der Waals surface area (Å²) in [5.41, 5.74) is 3.51. The normalized spacial score (nSPS) is 10.6. The average molecular weight is 370 g/mol. The molecule has 0 saturated heterocycles. The van der Waals surface area contributed by atoms with Crippen molar-refractivity contribution in [1.82, 2.24) is 20.5 Å². The van der Waals surface area contributed by atoms with Crippen LogP contribution < -0.4 is 5.32 Å². The first-order chi connectivity index (χ1) is 13.8. The van der Waals surface area contributed by atoms with Crippen LogP contribution in [-0.4, -0.2) is 27.6 Å². The van der Waals surface area contributed by atoms with Gasteiger partial charge in [0.15, 0.2) is 0 Å². The number of benzene rings is 2. The summed E-state index contributed by atoms with van der Waals surface area (Å²) >= 11 is 0. The molecule has 0 aliphatic heterocycles. The van der Waals surface area contributed by atoms with E-state index >= 15 is 0 Å². The molecule has 0 atom stereocenters. The zero-order valence-electron chi connectivity index (χ0n) is 15.1. The third kappa shape index (κ3) is 4.12. The second-order valence-corrected chi connectivity index (χ2v) is 6.19. The summed E-state index contributed by atoms with van der Waals surface area (Å²) in [6.45, 7) is 0.409. The van der Waals surface area contributed by atoms with E-state index in [2.05, 4.69) is 20.5 Å². The summed E-state index contributed by atoms with van der Waals surface area (Å²) in [7, 11) is 0. The lowest BCUT2D eigenvalue weighted by molar-refractivity contribution is 0.0953. The number of amides is 1. The second-order valence-electron chi connectivity index (χ2n) is 6.19. The fraction of sp³-hybridized carbons (Fsp3) is 0.0909. The summed E-state index contributed by atoms with van der Waals surface area (Å²) in [5.74, 6) is 0.788. The van der Waals surface area contributed by atoms with Gasteiger partial charge >= 0.3 is 0 Å². The number of aromatic nitrogens is 3. The van der Waals surface area contributed by atoms with Crippen molar-refractivity contribution < 1.29 is 9.21 Å². The highest BCUT2D eigenvalue weighted by Gasteiger charge is 2.10. The Morgan fingerprint density at radius 3 is 2.46 bits per heavy atom. The molecule has 4 aromatic rings. The molecule has 4 rings (SSSR count). The molecule has 0 unspecified atom stereocenters. The first-order valence-corrected chi connectivity index (χ1v) is 8.96. The van der Waals surface area contributed by atoms with Crippen molar-refractivity contribution in [2.45, 2.75) is 6.42 Å². The SMILES string of the molecule is O=C(NCCc1nnc(-c2ccncc2)o1)c1cccc(-c2ccccc2)c1. The fourth-order valence-electron chi connectivity index (χ4n) is 2.82. The van der Waals surface area contributed by atoms with Gasteiger partial charge in [-0.1, -0.05) is 42.5 Å². The van der Waals surface area contributed by atoms with Crippen LogP contribution in [0.2, 0.25) is 0 Å². The van der Waals surface area contributed by atoms with Crippen molar-refractivity contribution in [2.24, 2.45) is 0 Å². The minimum atomic E-state index is -0.133. The van der Waals surface area contributed by atoms with Gasteiger partial charge in [-0.3, -0.25) is 9.78 Å². The zero-order valence-corrected chi connectivity index (χ0v) is 15.1. The van der Waals surface area contributed by atoms with Gasteiger partial charge in [0.05, 0.1) is 0 Å². The van der Waals surface area contributed by atoms with Gasteiger partial charge in [0.1, 0.15) is 0 Å². The maximum atomic E-state index is 12.5. The Balaban J connectivity index is 1.36. The molecule has 0 spiro atoms. The van der Waals surface area contributed by atoms with Crippen LogP contribution in [0.5, 0.6) is 0 Å². The van der Waals surface area contributed by atoms with Crippen LogP contribution in [0.3, 0.4) is 0 Å². The minimum absolute atomic E-state index is 0.133. The monoisotopic (exact) mass is 370 g/mol. The molecule has 2 heterocycles. The standard InChI is InChI=1S/C22H18N4O2/c27-21(19-8-4-7-18(15-19)16-5-2-1-3-6-16)24-14-11-20-25-26-22(28-20)17-9-12-23-13-10-17/h1-10,12-13,15H,11,14H2,(H,24,27). The molecule has 2 aromatic carbocycles. The minimum Gasteiger partial charge on any atom is -0.421 e. The maximum absolute atomic E-state index is 12.5. The van der Waals surface area contributed by atoms with Crippen LogP contribution in [0.15, 0.2) is 83.5 Å². The summed E-state index contributed by atoms with van der Waals surface area (Å²) in [5, 5.41) is 11.0. The van der Waals surface area contributed by atoms with Gasteiger partial charge in [-0.2, -0.15) is 0 Å². The van der Waals surface area contributed by atoms with Crippen molar-refractivity contribution in [3.63, 3.8) is 0 Å². The highest BCUT2D eigenvalue weighted by molar-refractivity contribution is 5.95. The molecular formula is C22H18N4O2. The predicted molar refractivity (Wildman–Crippen MR) is 105 cm³/mol. The maximum Gasteiger partial charge on any atom is 0.251 e.